The molecule has 0 amide bonds. The van der Waals surface area contributed by atoms with Gasteiger partial charge in [-0.2, -0.15) is 4.98 Å². The third-order valence-corrected chi connectivity index (χ3v) is 5.45. The summed E-state index contributed by atoms with van der Waals surface area (Å²) in [5.74, 6) is 1.12. The number of anilines is 1. The van der Waals surface area contributed by atoms with Crippen molar-refractivity contribution in [3.63, 3.8) is 0 Å². The van der Waals surface area contributed by atoms with Gasteiger partial charge in [-0.05, 0) is 35.7 Å². The Morgan fingerprint density at radius 3 is 2.75 bits per heavy atom. The summed E-state index contributed by atoms with van der Waals surface area (Å²) in [6.45, 7) is 3.98. The minimum Gasteiger partial charge on any atom is -0.439 e. The molecule has 0 saturated carbocycles. The highest BCUT2D eigenvalue weighted by molar-refractivity contribution is 7.10. The number of nitrogens with zero attached hydrogens (tertiary/aromatic N) is 3. The van der Waals surface area contributed by atoms with E-state index >= 15 is 0 Å². The average Bonchev–Trinajstić information content (AvgIpc) is 3.26. The predicted molar refractivity (Wildman–Crippen MR) is 106 cm³/mol. The van der Waals surface area contributed by atoms with Crippen LogP contribution in [-0.2, 0) is 4.74 Å². The van der Waals surface area contributed by atoms with Gasteiger partial charge in [0.15, 0.2) is 0 Å². The molecule has 1 N–H and O–H groups in total. The summed E-state index contributed by atoms with van der Waals surface area (Å²) in [5, 5.41) is 5.42. The number of benzene rings is 1. The Hall–Kier alpha value is -2.55. The first-order valence-electron chi connectivity index (χ1n) is 9.13. The lowest BCUT2D eigenvalue weighted by Gasteiger charge is -2.34. The number of ether oxygens (including phenoxy) is 2. The summed E-state index contributed by atoms with van der Waals surface area (Å²) < 4.78 is 24.2. The lowest BCUT2D eigenvalue weighted by Crippen LogP contribution is -2.41. The number of hydrogen-bond donors (Lipinski definition) is 1. The van der Waals surface area contributed by atoms with Crippen molar-refractivity contribution in [3.8, 4) is 11.6 Å². The molecule has 3 heterocycles. The van der Waals surface area contributed by atoms with E-state index in [1.807, 2.05) is 0 Å². The fourth-order valence-corrected chi connectivity index (χ4v) is 3.94. The zero-order valence-electron chi connectivity index (χ0n) is 15.3. The summed E-state index contributed by atoms with van der Waals surface area (Å²) in [6.07, 6.45) is 1.64. The molecule has 1 saturated heterocycles. The molecular formula is C20H21FN4O2S. The van der Waals surface area contributed by atoms with Crippen molar-refractivity contribution in [1.82, 2.24) is 14.9 Å². The molecule has 28 heavy (non-hydrogen) atoms. The highest BCUT2D eigenvalue weighted by atomic mass is 32.1. The summed E-state index contributed by atoms with van der Waals surface area (Å²) >= 11 is 1.75. The summed E-state index contributed by atoms with van der Waals surface area (Å²) in [6, 6.07) is 12.0. The standard InChI is InChI=1S/C20H21FN4O2S/c21-15-3-5-16(6-4-15)27-19-7-8-22-20(24-19)23-14-17(18-2-1-13-28-18)25-9-11-26-12-10-25/h1-8,13,17H,9-12,14H2,(H,22,23,24). The van der Waals surface area contributed by atoms with E-state index < -0.39 is 0 Å². The maximum atomic E-state index is 13.0. The van der Waals surface area contributed by atoms with Crippen LogP contribution in [0.5, 0.6) is 11.6 Å². The van der Waals surface area contributed by atoms with Crippen LogP contribution in [0.2, 0.25) is 0 Å². The molecule has 0 aliphatic carbocycles. The topological polar surface area (TPSA) is 59.5 Å². The molecule has 0 spiro atoms. The van der Waals surface area contributed by atoms with Gasteiger partial charge in [-0.25, -0.2) is 9.37 Å². The van der Waals surface area contributed by atoms with Crippen molar-refractivity contribution in [3.05, 3.63) is 64.7 Å². The summed E-state index contributed by atoms with van der Waals surface area (Å²) in [5.41, 5.74) is 0. The minimum absolute atomic E-state index is 0.231. The van der Waals surface area contributed by atoms with Crippen molar-refractivity contribution in [1.29, 1.82) is 0 Å². The fraction of sp³-hybridized carbons (Fsp3) is 0.300. The first-order valence-corrected chi connectivity index (χ1v) is 10.0. The number of halogens is 1. The van der Waals surface area contributed by atoms with Crippen molar-refractivity contribution in [2.75, 3.05) is 38.2 Å². The van der Waals surface area contributed by atoms with Gasteiger partial charge in [0.25, 0.3) is 0 Å². The first-order chi connectivity index (χ1) is 13.8. The molecule has 146 valence electrons. The van der Waals surface area contributed by atoms with E-state index in [4.69, 9.17) is 9.47 Å². The van der Waals surface area contributed by atoms with E-state index in [0.717, 1.165) is 26.3 Å². The van der Waals surface area contributed by atoms with Crippen molar-refractivity contribution >= 4 is 17.3 Å². The van der Waals surface area contributed by atoms with E-state index in [-0.39, 0.29) is 11.9 Å². The second-order valence-corrected chi connectivity index (χ2v) is 7.31. The van der Waals surface area contributed by atoms with Crippen LogP contribution in [0.3, 0.4) is 0 Å². The van der Waals surface area contributed by atoms with Crippen LogP contribution >= 0.6 is 11.3 Å². The van der Waals surface area contributed by atoms with Crippen LogP contribution in [0.1, 0.15) is 10.9 Å². The van der Waals surface area contributed by atoms with E-state index in [2.05, 4.69) is 37.7 Å². The Morgan fingerprint density at radius 1 is 1.18 bits per heavy atom. The van der Waals surface area contributed by atoms with Gasteiger partial charge >= 0.3 is 0 Å². The quantitative estimate of drug-likeness (QED) is 0.648. The van der Waals surface area contributed by atoms with Gasteiger partial charge in [-0.3, -0.25) is 4.90 Å². The van der Waals surface area contributed by atoms with Crippen LogP contribution in [0.4, 0.5) is 10.3 Å². The van der Waals surface area contributed by atoms with E-state index in [1.54, 1.807) is 35.7 Å². The summed E-state index contributed by atoms with van der Waals surface area (Å²) in [7, 11) is 0. The normalized spacial score (nSPS) is 15.9. The largest absolute Gasteiger partial charge is 0.439 e. The molecule has 1 aromatic carbocycles. The van der Waals surface area contributed by atoms with Crippen molar-refractivity contribution in [2.24, 2.45) is 0 Å². The van der Waals surface area contributed by atoms with Gasteiger partial charge in [-0.15, -0.1) is 11.3 Å². The summed E-state index contributed by atoms with van der Waals surface area (Å²) in [4.78, 5) is 12.4. The molecule has 6 nitrogen and oxygen atoms in total. The van der Waals surface area contributed by atoms with Gasteiger partial charge in [0, 0.05) is 36.8 Å². The van der Waals surface area contributed by atoms with Gasteiger partial charge in [0.05, 0.1) is 19.3 Å². The monoisotopic (exact) mass is 400 g/mol. The molecule has 2 aromatic heterocycles. The Labute approximate surface area is 167 Å². The van der Waals surface area contributed by atoms with Crippen molar-refractivity contribution in [2.45, 2.75) is 6.04 Å². The number of rotatable bonds is 7. The van der Waals surface area contributed by atoms with Gasteiger partial charge in [0.1, 0.15) is 11.6 Å². The smallest absolute Gasteiger partial charge is 0.226 e. The van der Waals surface area contributed by atoms with Gasteiger partial charge in [0.2, 0.25) is 11.8 Å². The molecular weight excluding hydrogens is 379 g/mol. The number of morpholine rings is 1. The SMILES string of the molecule is Fc1ccc(Oc2ccnc(NCC(c3cccs3)N3CCOCC3)n2)cc1. The Bertz CT molecular complexity index is 870. The highest BCUT2D eigenvalue weighted by Gasteiger charge is 2.23. The predicted octanol–water partition coefficient (Wildman–Crippen LogP) is 3.95. The third kappa shape index (κ3) is 4.83. The van der Waals surface area contributed by atoms with Gasteiger partial charge in [-0.1, -0.05) is 6.07 Å². The molecule has 0 radical (unpaired) electrons. The Kier molecular flexibility index (Phi) is 6.11. The number of nitrogens with one attached hydrogen (secondary N) is 1. The lowest BCUT2D eigenvalue weighted by molar-refractivity contribution is 0.0193. The number of thiophene rings is 1. The molecule has 3 aromatic rings. The molecule has 8 heteroatoms. The van der Waals surface area contributed by atoms with Crippen LogP contribution in [0.25, 0.3) is 0 Å². The number of aromatic nitrogens is 2. The molecule has 4 rings (SSSR count). The highest BCUT2D eigenvalue weighted by Crippen LogP contribution is 2.26. The van der Waals surface area contributed by atoms with Crippen LogP contribution in [0.15, 0.2) is 54.0 Å². The average molecular weight is 400 g/mol. The zero-order valence-corrected chi connectivity index (χ0v) is 16.1. The van der Waals surface area contributed by atoms with Crippen LogP contribution < -0.4 is 10.1 Å². The first kappa shape index (κ1) is 18.8. The molecule has 1 aliphatic rings. The zero-order chi connectivity index (χ0) is 19.2. The van der Waals surface area contributed by atoms with Crippen LogP contribution in [0, 0.1) is 5.82 Å². The van der Waals surface area contributed by atoms with Gasteiger partial charge < -0.3 is 14.8 Å². The second kappa shape index (κ2) is 9.09. The van der Waals surface area contributed by atoms with Crippen molar-refractivity contribution < 1.29 is 13.9 Å². The minimum atomic E-state index is -0.305. The Balaban J connectivity index is 1.43. The maximum Gasteiger partial charge on any atom is 0.226 e. The lowest BCUT2D eigenvalue weighted by atomic mass is 10.2. The molecule has 1 atom stereocenters. The van der Waals surface area contributed by atoms with E-state index in [0.29, 0.717) is 24.1 Å². The molecule has 1 unspecified atom stereocenters. The van der Waals surface area contributed by atoms with E-state index in [9.17, 15) is 4.39 Å². The van der Waals surface area contributed by atoms with Crippen LogP contribution in [-0.4, -0.2) is 47.7 Å². The second-order valence-electron chi connectivity index (χ2n) is 6.33. The maximum absolute atomic E-state index is 13.0. The Morgan fingerprint density at radius 2 is 2.00 bits per heavy atom. The van der Waals surface area contributed by atoms with E-state index in [1.165, 1.54) is 17.0 Å². The number of hydrogen-bond acceptors (Lipinski definition) is 7. The molecule has 1 aliphatic heterocycles. The fourth-order valence-electron chi connectivity index (χ4n) is 3.08. The third-order valence-electron chi connectivity index (χ3n) is 4.48. The molecule has 0 bridgehead atoms. The molecule has 1 fully saturated rings.